The predicted molar refractivity (Wildman–Crippen MR) is 79.7 cm³/mol. The molecule has 106 valence electrons. The molecule has 0 radical (unpaired) electrons. The number of rotatable bonds is 3. The van der Waals surface area contributed by atoms with Crippen LogP contribution in [0, 0.1) is 19.8 Å². The first-order valence-electron chi connectivity index (χ1n) is 6.96. The highest BCUT2D eigenvalue weighted by Crippen LogP contribution is 2.22. The van der Waals surface area contributed by atoms with E-state index in [0.29, 0.717) is 0 Å². The number of amides is 1. The lowest BCUT2D eigenvalue weighted by molar-refractivity contribution is -0.121. The molecule has 2 heterocycles. The summed E-state index contributed by atoms with van der Waals surface area (Å²) in [4.78, 5) is 20.0. The number of piperidine rings is 1. The highest BCUT2D eigenvalue weighted by atomic mass is 32.1. The van der Waals surface area contributed by atoms with Gasteiger partial charge in [0.2, 0.25) is 5.91 Å². The van der Waals surface area contributed by atoms with Gasteiger partial charge in [-0.15, -0.1) is 11.3 Å². The summed E-state index contributed by atoms with van der Waals surface area (Å²) in [5.41, 5.74) is 1.000. The van der Waals surface area contributed by atoms with Gasteiger partial charge in [0, 0.05) is 4.88 Å². The normalized spacial score (nSPS) is 19.4. The Labute approximate surface area is 119 Å². The van der Waals surface area contributed by atoms with Crippen molar-refractivity contribution in [3.8, 4) is 0 Å². The lowest BCUT2D eigenvalue weighted by Gasteiger charge is -2.33. The van der Waals surface area contributed by atoms with Gasteiger partial charge < -0.3 is 5.32 Å². The summed E-state index contributed by atoms with van der Waals surface area (Å²) >= 11 is 1.55. The standard InChI is InChI=1S/C14H23N3OS/c1-9-5-7-17(8-6-9)11(3)13(18)16-14-15-10(2)12(4)19-14/h9,11H,5-8H2,1-4H3,(H,15,16,18). The molecule has 0 saturated carbocycles. The minimum Gasteiger partial charge on any atom is -0.301 e. The first kappa shape index (κ1) is 14.5. The molecule has 0 aromatic carbocycles. The number of carbonyl (C=O) groups excluding carboxylic acids is 1. The Bertz CT molecular complexity index is 430. The molecule has 19 heavy (non-hydrogen) atoms. The van der Waals surface area contributed by atoms with Gasteiger partial charge in [-0.3, -0.25) is 9.69 Å². The van der Waals surface area contributed by atoms with E-state index in [0.717, 1.165) is 34.7 Å². The van der Waals surface area contributed by atoms with Gasteiger partial charge >= 0.3 is 0 Å². The monoisotopic (exact) mass is 281 g/mol. The molecule has 1 saturated heterocycles. The number of aryl methyl sites for hydroxylation is 2. The quantitative estimate of drug-likeness (QED) is 0.926. The summed E-state index contributed by atoms with van der Waals surface area (Å²) in [5.74, 6) is 0.846. The van der Waals surface area contributed by atoms with Crippen molar-refractivity contribution < 1.29 is 4.79 Å². The highest BCUT2D eigenvalue weighted by molar-refractivity contribution is 7.15. The number of nitrogens with one attached hydrogen (secondary N) is 1. The smallest absolute Gasteiger partial charge is 0.243 e. The molecule has 0 bridgehead atoms. The second-order valence-electron chi connectivity index (χ2n) is 5.54. The lowest BCUT2D eigenvalue weighted by atomic mass is 9.98. The van der Waals surface area contributed by atoms with E-state index in [1.165, 1.54) is 12.8 Å². The molecule has 1 atom stereocenters. The molecule has 1 aromatic rings. The van der Waals surface area contributed by atoms with Crippen LogP contribution in [0.5, 0.6) is 0 Å². The molecule has 5 heteroatoms. The van der Waals surface area contributed by atoms with Crippen molar-refractivity contribution in [2.75, 3.05) is 18.4 Å². The number of likely N-dealkylation sites (tertiary alicyclic amines) is 1. The molecule has 4 nitrogen and oxygen atoms in total. The molecule has 1 aliphatic heterocycles. The number of thiazole rings is 1. The maximum Gasteiger partial charge on any atom is 0.243 e. The summed E-state index contributed by atoms with van der Waals surface area (Å²) in [5, 5.41) is 3.66. The molecular formula is C14H23N3OS. The largest absolute Gasteiger partial charge is 0.301 e. The van der Waals surface area contributed by atoms with Crippen molar-refractivity contribution in [2.45, 2.75) is 46.6 Å². The zero-order valence-corrected chi connectivity index (χ0v) is 13.0. The summed E-state index contributed by atoms with van der Waals surface area (Å²) in [6.07, 6.45) is 2.38. The highest BCUT2D eigenvalue weighted by Gasteiger charge is 2.25. The first-order chi connectivity index (χ1) is 8.97. The predicted octanol–water partition coefficient (Wildman–Crippen LogP) is 2.82. The third kappa shape index (κ3) is 3.54. The van der Waals surface area contributed by atoms with Gasteiger partial charge in [-0.05, 0) is 52.6 Å². The number of aromatic nitrogens is 1. The van der Waals surface area contributed by atoms with E-state index in [-0.39, 0.29) is 11.9 Å². The van der Waals surface area contributed by atoms with Gasteiger partial charge in [-0.1, -0.05) is 6.92 Å². The summed E-state index contributed by atoms with van der Waals surface area (Å²) in [7, 11) is 0. The zero-order valence-electron chi connectivity index (χ0n) is 12.2. The lowest BCUT2D eigenvalue weighted by Crippen LogP contribution is -2.45. The van der Waals surface area contributed by atoms with Gasteiger partial charge in [0.15, 0.2) is 5.13 Å². The molecule has 1 fully saturated rings. The van der Waals surface area contributed by atoms with Crippen LogP contribution in [0.4, 0.5) is 5.13 Å². The number of hydrogen-bond acceptors (Lipinski definition) is 4. The van der Waals surface area contributed by atoms with Crippen LogP contribution in [0.1, 0.15) is 37.3 Å². The Morgan fingerprint density at radius 2 is 2.05 bits per heavy atom. The van der Waals surface area contributed by atoms with Gasteiger partial charge in [-0.2, -0.15) is 0 Å². The molecule has 2 rings (SSSR count). The second-order valence-corrected chi connectivity index (χ2v) is 6.75. The third-order valence-corrected chi connectivity index (χ3v) is 4.99. The van der Waals surface area contributed by atoms with E-state index in [4.69, 9.17) is 0 Å². The fourth-order valence-electron chi connectivity index (χ4n) is 2.32. The van der Waals surface area contributed by atoms with E-state index < -0.39 is 0 Å². The topological polar surface area (TPSA) is 45.2 Å². The van der Waals surface area contributed by atoms with Crippen LogP contribution in [0.3, 0.4) is 0 Å². The minimum absolute atomic E-state index is 0.0586. The molecule has 1 aliphatic rings. The molecule has 1 N–H and O–H groups in total. The summed E-state index contributed by atoms with van der Waals surface area (Å²) in [6.45, 7) is 10.3. The molecule has 1 unspecified atom stereocenters. The van der Waals surface area contributed by atoms with Crippen molar-refractivity contribution in [3.63, 3.8) is 0 Å². The van der Waals surface area contributed by atoms with Crippen molar-refractivity contribution in [2.24, 2.45) is 5.92 Å². The maximum atomic E-state index is 12.2. The van der Waals surface area contributed by atoms with Crippen LogP contribution in [-0.4, -0.2) is 34.9 Å². The van der Waals surface area contributed by atoms with Gasteiger partial charge in [0.05, 0.1) is 11.7 Å². The van der Waals surface area contributed by atoms with Gasteiger partial charge in [0.1, 0.15) is 0 Å². The Hall–Kier alpha value is -0.940. The van der Waals surface area contributed by atoms with Crippen molar-refractivity contribution >= 4 is 22.4 Å². The Balaban J connectivity index is 1.92. The van der Waals surface area contributed by atoms with Crippen LogP contribution >= 0.6 is 11.3 Å². The zero-order chi connectivity index (χ0) is 14.0. The molecule has 0 aliphatic carbocycles. The van der Waals surface area contributed by atoms with E-state index >= 15 is 0 Å². The molecule has 0 spiro atoms. The summed E-state index contributed by atoms with van der Waals surface area (Å²) < 4.78 is 0. The van der Waals surface area contributed by atoms with Crippen molar-refractivity contribution in [1.82, 2.24) is 9.88 Å². The van der Waals surface area contributed by atoms with E-state index in [9.17, 15) is 4.79 Å². The average Bonchev–Trinajstić information content (AvgIpc) is 2.68. The molecule has 1 amide bonds. The van der Waals surface area contributed by atoms with E-state index in [1.807, 2.05) is 20.8 Å². The third-order valence-electron chi connectivity index (χ3n) is 4.00. The average molecular weight is 281 g/mol. The Morgan fingerprint density at radius 1 is 1.42 bits per heavy atom. The van der Waals surface area contributed by atoms with E-state index in [2.05, 4.69) is 22.1 Å². The van der Waals surface area contributed by atoms with Gasteiger partial charge in [0.25, 0.3) is 0 Å². The van der Waals surface area contributed by atoms with Crippen LogP contribution in [0.15, 0.2) is 0 Å². The van der Waals surface area contributed by atoms with Crippen LogP contribution < -0.4 is 5.32 Å². The number of hydrogen-bond donors (Lipinski definition) is 1. The van der Waals surface area contributed by atoms with E-state index in [1.54, 1.807) is 11.3 Å². The SMILES string of the molecule is Cc1nc(NC(=O)C(C)N2CCC(C)CC2)sc1C. The minimum atomic E-state index is -0.0722. The molecule has 1 aromatic heterocycles. The van der Waals surface area contributed by atoms with Crippen LogP contribution in [-0.2, 0) is 4.79 Å². The van der Waals surface area contributed by atoms with Gasteiger partial charge in [-0.25, -0.2) is 4.98 Å². The fraction of sp³-hybridized carbons (Fsp3) is 0.714. The summed E-state index contributed by atoms with van der Waals surface area (Å²) in [6, 6.07) is -0.0722. The maximum absolute atomic E-state index is 12.2. The first-order valence-corrected chi connectivity index (χ1v) is 7.78. The number of nitrogens with zero attached hydrogens (tertiary/aromatic N) is 2. The van der Waals surface area contributed by atoms with Crippen molar-refractivity contribution in [1.29, 1.82) is 0 Å². The number of anilines is 1. The van der Waals surface area contributed by atoms with Crippen LogP contribution in [0.25, 0.3) is 0 Å². The second kappa shape index (κ2) is 6.01. The number of carbonyl (C=O) groups is 1. The fourth-order valence-corrected chi connectivity index (χ4v) is 3.14. The Morgan fingerprint density at radius 3 is 2.58 bits per heavy atom. The molecular weight excluding hydrogens is 258 g/mol. The Kier molecular flexibility index (Phi) is 4.58. The van der Waals surface area contributed by atoms with Crippen LogP contribution in [0.2, 0.25) is 0 Å². The van der Waals surface area contributed by atoms with Crippen molar-refractivity contribution in [3.05, 3.63) is 10.6 Å².